The summed E-state index contributed by atoms with van der Waals surface area (Å²) in [4.78, 5) is 0. The smallest absolute Gasteiger partial charge is 0.411 e. The Morgan fingerprint density at radius 2 is 1.94 bits per heavy atom. The molecule has 18 heavy (non-hydrogen) atoms. The molecule has 102 valence electrons. The van der Waals surface area contributed by atoms with Crippen molar-refractivity contribution in [3.05, 3.63) is 23.8 Å². The summed E-state index contributed by atoms with van der Waals surface area (Å²) in [6.07, 6.45) is -3.90. The highest BCUT2D eigenvalue weighted by atomic mass is 19.4. The molecule has 0 unspecified atom stereocenters. The van der Waals surface area contributed by atoms with E-state index >= 15 is 0 Å². The fraction of sp³-hybridized carbons (Fsp3) is 0.500. The van der Waals surface area contributed by atoms with Crippen LogP contribution in [0.4, 0.5) is 18.9 Å². The van der Waals surface area contributed by atoms with Crippen molar-refractivity contribution in [3.63, 3.8) is 0 Å². The molecule has 0 radical (unpaired) electrons. The van der Waals surface area contributed by atoms with E-state index in [0.717, 1.165) is 5.56 Å². The number of nitrogen functional groups attached to an aromatic ring is 1. The van der Waals surface area contributed by atoms with Crippen LogP contribution in [0.3, 0.4) is 0 Å². The average Bonchev–Trinajstić information content (AvgIpc) is 2.26. The first kappa shape index (κ1) is 14.6. The molecule has 0 heterocycles. The van der Waals surface area contributed by atoms with Gasteiger partial charge in [0.05, 0.1) is 18.9 Å². The Hall–Kier alpha value is -1.43. The quantitative estimate of drug-likeness (QED) is 0.634. The van der Waals surface area contributed by atoms with Crippen molar-refractivity contribution in [2.75, 3.05) is 25.6 Å². The SMILES string of the molecule is Cc1ccc(N)c(OCCCOCC(F)(F)F)c1. The van der Waals surface area contributed by atoms with Gasteiger partial charge in [0.25, 0.3) is 0 Å². The molecule has 0 spiro atoms. The van der Waals surface area contributed by atoms with Gasteiger partial charge in [-0.25, -0.2) is 0 Å². The highest BCUT2D eigenvalue weighted by molar-refractivity contribution is 5.53. The Kier molecular flexibility index (Phi) is 5.27. The van der Waals surface area contributed by atoms with Gasteiger partial charge in [0, 0.05) is 6.42 Å². The summed E-state index contributed by atoms with van der Waals surface area (Å²) in [6.45, 7) is 0.953. The Bertz CT molecular complexity index is 380. The zero-order chi connectivity index (χ0) is 13.6. The molecule has 0 aliphatic heterocycles. The van der Waals surface area contributed by atoms with Crippen molar-refractivity contribution in [3.8, 4) is 5.75 Å². The second-order valence-electron chi connectivity index (χ2n) is 3.91. The van der Waals surface area contributed by atoms with Crippen molar-refractivity contribution in [2.45, 2.75) is 19.5 Å². The van der Waals surface area contributed by atoms with Gasteiger partial charge >= 0.3 is 6.18 Å². The van der Waals surface area contributed by atoms with Crippen molar-refractivity contribution in [1.29, 1.82) is 0 Å². The Morgan fingerprint density at radius 3 is 2.61 bits per heavy atom. The van der Waals surface area contributed by atoms with Crippen molar-refractivity contribution >= 4 is 5.69 Å². The first-order valence-corrected chi connectivity index (χ1v) is 5.52. The molecule has 0 atom stereocenters. The standard InChI is InChI=1S/C12H16F3NO2/c1-9-3-4-10(16)11(7-9)18-6-2-5-17-8-12(13,14)15/h3-4,7H,2,5-6,8,16H2,1H3. The first-order chi connectivity index (χ1) is 8.38. The molecule has 0 aliphatic carbocycles. The van der Waals surface area contributed by atoms with Crippen molar-refractivity contribution < 1.29 is 22.6 Å². The summed E-state index contributed by atoms with van der Waals surface area (Å²) in [5.41, 5.74) is 7.20. The number of hydrogen-bond donors (Lipinski definition) is 1. The maximum Gasteiger partial charge on any atom is 0.411 e. The number of benzene rings is 1. The summed E-state index contributed by atoms with van der Waals surface area (Å²) < 4.78 is 45.1. The molecule has 0 saturated heterocycles. The lowest BCUT2D eigenvalue weighted by molar-refractivity contribution is -0.174. The third-order valence-corrected chi connectivity index (χ3v) is 2.13. The average molecular weight is 263 g/mol. The van der Waals surface area contributed by atoms with Gasteiger partial charge < -0.3 is 15.2 Å². The number of hydrogen-bond acceptors (Lipinski definition) is 3. The molecule has 6 heteroatoms. The molecule has 2 N–H and O–H groups in total. The largest absolute Gasteiger partial charge is 0.491 e. The minimum Gasteiger partial charge on any atom is -0.491 e. The lowest BCUT2D eigenvalue weighted by Crippen LogP contribution is -2.18. The maximum absolute atomic E-state index is 11.8. The van der Waals surface area contributed by atoms with E-state index < -0.39 is 12.8 Å². The van der Waals surface area contributed by atoms with E-state index in [1.54, 1.807) is 12.1 Å². The van der Waals surface area contributed by atoms with Crippen LogP contribution in [0.2, 0.25) is 0 Å². The highest BCUT2D eigenvalue weighted by Crippen LogP contribution is 2.22. The number of aryl methyl sites for hydroxylation is 1. The molecular weight excluding hydrogens is 247 g/mol. The third kappa shape index (κ3) is 5.77. The van der Waals surface area contributed by atoms with E-state index in [1.165, 1.54) is 0 Å². The zero-order valence-electron chi connectivity index (χ0n) is 10.1. The van der Waals surface area contributed by atoms with Crippen LogP contribution in [0, 0.1) is 6.92 Å². The summed E-state index contributed by atoms with van der Waals surface area (Å²) in [6, 6.07) is 5.37. The van der Waals surface area contributed by atoms with Gasteiger partial charge in [-0.2, -0.15) is 13.2 Å². The molecule has 0 saturated carbocycles. The van der Waals surface area contributed by atoms with Gasteiger partial charge in [0.15, 0.2) is 0 Å². The number of anilines is 1. The van der Waals surface area contributed by atoms with Gasteiger partial charge in [0.2, 0.25) is 0 Å². The van der Waals surface area contributed by atoms with Crippen molar-refractivity contribution in [1.82, 2.24) is 0 Å². The van der Waals surface area contributed by atoms with Gasteiger partial charge in [-0.15, -0.1) is 0 Å². The van der Waals surface area contributed by atoms with Gasteiger partial charge in [-0.3, -0.25) is 0 Å². The van der Waals surface area contributed by atoms with E-state index in [9.17, 15) is 13.2 Å². The number of ether oxygens (including phenoxy) is 2. The molecule has 0 amide bonds. The topological polar surface area (TPSA) is 44.5 Å². The van der Waals surface area contributed by atoms with Crippen molar-refractivity contribution in [2.24, 2.45) is 0 Å². The lowest BCUT2D eigenvalue weighted by Gasteiger charge is -2.10. The maximum atomic E-state index is 11.8. The van der Waals surface area contributed by atoms with Gasteiger partial charge in [-0.05, 0) is 24.6 Å². The lowest BCUT2D eigenvalue weighted by atomic mass is 10.2. The Morgan fingerprint density at radius 1 is 1.22 bits per heavy atom. The predicted molar refractivity (Wildman–Crippen MR) is 62.6 cm³/mol. The molecule has 0 bridgehead atoms. The summed E-state index contributed by atoms with van der Waals surface area (Å²) in [7, 11) is 0. The molecule has 1 aromatic rings. The van der Waals surface area contributed by atoms with E-state index in [1.807, 2.05) is 13.0 Å². The monoisotopic (exact) mass is 263 g/mol. The molecule has 0 aliphatic rings. The minimum absolute atomic E-state index is 0.00519. The van der Waals surface area contributed by atoms with Crippen LogP contribution in [0.15, 0.2) is 18.2 Å². The van der Waals surface area contributed by atoms with Crippen LogP contribution in [0.1, 0.15) is 12.0 Å². The van der Waals surface area contributed by atoms with Crippen LogP contribution in [-0.2, 0) is 4.74 Å². The number of nitrogens with two attached hydrogens (primary N) is 1. The third-order valence-electron chi connectivity index (χ3n) is 2.13. The number of alkyl halides is 3. The molecule has 3 nitrogen and oxygen atoms in total. The number of rotatable bonds is 6. The van der Waals surface area contributed by atoms with E-state index in [4.69, 9.17) is 10.5 Å². The zero-order valence-corrected chi connectivity index (χ0v) is 10.1. The summed E-state index contributed by atoms with van der Waals surface area (Å²) in [5.74, 6) is 0.547. The van der Waals surface area contributed by atoms with Gasteiger partial charge in [0.1, 0.15) is 12.4 Å². The molecule has 0 aromatic heterocycles. The first-order valence-electron chi connectivity index (χ1n) is 5.52. The van der Waals surface area contributed by atoms with Crippen LogP contribution < -0.4 is 10.5 Å². The molecular formula is C12H16F3NO2. The summed E-state index contributed by atoms with van der Waals surface area (Å²) in [5, 5.41) is 0. The molecule has 1 rings (SSSR count). The Labute approximate surface area is 104 Å². The normalized spacial score (nSPS) is 11.6. The van der Waals surface area contributed by atoms with Crippen LogP contribution >= 0.6 is 0 Å². The van der Waals surface area contributed by atoms with Crippen LogP contribution in [0.25, 0.3) is 0 Å². The number of halogens is 3. The second-order valence-corrected chi connectivity index (χ2v) is 3.91. The van der Waals surface area contributed by atoms with Crippen LogP contribution in [-0.4, -0.2) is 26.0 Å². The Balaban J connectivity index is 2.20. The summed E-state index contributed by atoms with van der Waals surface area (Å²) >= 11 is 0. The van der Waals surface area contributed by atoms with E-state index in [0.29, 0.717) is 17.9 Å². The second kappa shape index (κ2) is 6.49. The van der Waals surface area contributed by atoms with E-state index in [-0.39, 0.29) is 13.2 Å². The van der Waals surface area contributed by atoms with Gasteiger partial charge in [-0.1, -0.05) is 6.07 Å². The fourth-order valence-electron chi connectivity index (χ4n) is 1.30. The molecule has 0 fully saturated rings. The van der Waals surface area contributed by atoms with Crippen LogP contribution in [0.5, 0.6) is 5.75 Å². The highest BCUT2D eigenvalue weighted by Gasteiger charge is 2.27. The van der Waals surface area contributed by atoms with E-state index in [2.05, 4.69) is 4.74 Å². The molecule has 1 aromatic carbocycles. The minimum atomic E-state index is -4.28. The fourth-order valence-corrected chi connectivity index (χ4v) is 1.30. The predicted octanol–water partition coefficient (Wildman–Crippen LogP) is 2.93.